The van der Waals surface area contributed by atoms with Crippen molar-refractivity contribution in [1.29, 1.82) is 5.26 Å². The molecule has 0 bridgehead atoms. The highest BCUT2D eigenvalue weighted by Gasteiger charge is 2.09. The molecule has 0 aliphatic heterocycles. The summed E-state index contributed by atoms with van der Waals surface area (Å²) < 4.78 is 0. The molecule has 0 radical (unpaired) electrons. The zero-order chi connectivity index (χ0) is 14.5. The van der Waals surface area contributed by atoms with Gasteiger partial charge in [-0.25, -0.2) is 0 Å². The van der Waals surface area contributed by atoms with Crippen LogP contribution >= 0.6 is 0 Å². The zero-order valence-electron chi connectivity index (χ0n) is 11.9. The van der Waals surface area contributed by atoms with Crippen molar-refractivity contribution < 1.29 is 0 Å². The summed E-state index contributed by atoms with van der Waals surface area (Å²) in [5, 5.41) is 8.86. The molecule has 0 heterocycles. The minimum atomic E-state index is 0.338. The first-order valence-electron chi connectivity index (χ1n) is 6.75. The van der Waals surface area contributed by atoms with Crippen LogP contribution in [0, 0.1) is 18.3 Å². The van der Waals surface area contributed by atoms with Gasteiger partial charge in [0.2, 0.25) is 0 Å². The zero-order valence-corrected chi connectivity index (χ0v) is 11.9. The third-order valence-electron chi connectivity index (χ3n) is 3.37. The van der Waals surface area contributed by atoms with Crippen LogP contribution in [-0.2, 0) is 6.42 Å². The van der Waals surface area contributed by atoms with E-state index in [4.69, 9.17) is 11.0 Å². The van der Waals surface area contributed by atoms with E-state index in [0.717, 1.165) is 23.5 Å². The molecule has 2 aromatic carbocycles. The molecule has 2 aromatic rings. The highest BCUT2D eigenvalue weighted by molar-refractivity contribution is 5.67. The van der Waals surface area contributed by atoms with Gasteiger partial charge < -0.3 is 10.6 Å². The lowest BCUT2D eigenvalue weighted by Gasteiger charge is -2.24. The molecular formula is C17H19N3. The standard InChI is InChI=1S/C17H19N3/c1-3-20(15-6-4-13(2)5-7-15)16-8-9-17(19)14(12-16)10-11-18/h4-9,12H,3,10,19H2,1-2H3. The number of hydrogen-bond acceptors (Lipinski definition) is 3. The van der Waals surface area contributed by atoms with Crippen LogP contribution in [-0.4, -0.2) is 6.54 Å². The Balaban J connectivity index is 2.39. The molecule has 0 aliphatic carbocycles. The Labute approximate surface area is 120 Å². The maximum absolute atomic E-state index is 8.86. The molecule has 3 heteroatoms. The molecule has 2 N–H and O–H groups in total. The fourth-order valence-corrected chi connectivity index (χ4v) is 2.24. The molecule has 3 nitrogen and oxygen atoms in total. The summed E-state index contributed by atoms with van der Waals surface area (Å²) in [5.41, 5.74) is 10.9. The number of nitrogens with zero attached hydrogens (tertiary/aromatic N) is 2. The maximum atomic E-state index is 8.86. The highest BCUT2D eigenvalue weighted by Crippen LogP contribution is 2.28. The second-order valence-corrected chi connectivity index (χ2v) is 4.80. The minimum Gasteiger partial charge on any atom is -0.398 e. The molecule has 0 aromatic heterocycles. The van der Waals surface area contributed by atoms with Crippen LogP contribution in [0.15, 0.2) is 42.5 Å². The number of benzene rings is 2. The van der Waals surface area contributed by atoms with Crippen molar-refractivity contribution in [3.8, 4) is 6.07 Å². The Hall–Kier alpha value is -2.47. The summed E-state index contributed by atoms with van der Waals surface area (Å²) in [7, 11) is 0. The first-order chi connectivity index (χ1) is 9.65. The van der Waals surface area contributed by atoms with Crippen LogP contribution in [0.1, 0.15) is 18.1 Å². The predicted molar refractivity (Wildman–Crippen MR) is 84.0 cm³/mol. The van der Waals surface area contributed by atoms with E-state index in [0.29, 0.717) is 12.1 Å². The molecule has 0 spiro atoms. The van der Waals surface area contributed by atoms with Crippen LogP contribution in [0.5, 0.6) is 0 Å². The summed E-state index contributed by atoms with van der Waals surface area (Å²) in [5.74, 6) is 0. The predicted octanol–water partition coefficient (Wildman–Crippen LogP) is 3.80. The second kappa shape index (κ2) is 6.12. The first kappa shape index (κ1) is 14.0. The average Bonchev–Trinajstić information content (AvgIpc) is 2.45. The number of anilines is 3. The van der Waals surface area contributed by atoms with Gasteiger partial charge in [-0.05, 0) is 49.7 Å². The summed E-state index contributed by atoms with van der Waals surface area (Å²) >= 11 is 0. The van der Waals surface area contributed by atoms with E-state index in [2.05, 4.69) is 49.1 Å². The molecule has 2 rings (SSSR count). The first-order valence-corrected chi connectivity index (χ1v) is 6.75. The van der Waals surface area contributed by atoms with E-state index in [1.165, 1.54) is 5.56 Å². The van der Waals surface area contributed by atoms with Gasteiger partial charge in [-0.15, -0.1) is 0 Å². The van der Waals surface area contributed by atoms with Crippen LogP contribution in [0.3, 0.4) is 0 Å². The number of rotatable bonds is 4. The molecule has 0 atom stereocenters. The Morgan fingerprint density at radius 3 is 2.35 bits per heavy atom. The van der Waals surface area contributed by atoms with E-state index in [-0.39, 0.29) is 0 Å². The lowest BCUT2D eigenvalue weighted by Crippen LogP contribution is -2.16. The summed E-state index contributed by atoms with van der Waals surface area (Å²) in [6.45, 7) is 5.05. The van der Waals surface area contributed by atoms with E-state index in [1.54, 1.807) is 0 Å². The maximum Gasteiger partial charge on any atom is 0.0670 e. The van der Waals surface area contributed by atoms with E-state index in [1.807, 2.05) is 18.2 Å². The Kier molecular flexibility index (Phi) is 4.27. The summed E-state index contributed by atoms with van der Waals surface area (Å²) in [4.78, 5) is 2.21. The van der Waals surface area contributed by atoms with Gasteiger partial charge in [0.15, 0.2) is 0 Å². The van der Waals surface area contributed by atoms with Crippen molar-refractivity contribution in [3.05, 3.63) is 53.6 Å². The fourth-order valence-electron chi connectivity index (χ4n) is 2.24. The average molecular weight is 265 g/mol. The van der Waals surface area contributed by atoms with Gasteiger partial charge in [-0.3, -0.25) is 0 Å². The third kappa shape index (κ3) is 2.92. The molecule has 0 unspecified atom stereocenters. The molecule has 0 fully saturated rings. The van der Waals surface area contributed by atoms with Crippen molar-refractivity contribution in [3.63, 3.8) is 0 Å². The smallest absolute Gasteiger partial charge is 0.0670 e. The van der Waals surface area contributed by atoms with Crippen LogP contribution in [0.4, 0.5) is 17.1 Å². The van der Waals surface area contributed by atoms with Crippen molar-refractivity contribution in [2.24, 2.45) is 0 Å². The number of nitriles is 1. The van der Waals surface area contributed by atoms with Gasteiger partial charge in [-0.2, -0.15) is 5.26 Å². The highest BCUT2D eigenvalue weighted by atomic mass is 15.1. The van der Waals surface area contributed by atoms with Crippen molar-refractivity contribution in [1.82, 2.24) is 0 Å². The monoisotopic (exact) mass is 265 g/mol. The van der Waals surface area contributed by atoms with Gasteiger partial charge in [0, 0.05) is 23.6 Å². The molecule has 102 valence electrons. The van der Waals surface area contributed by atoms with Gasteiger partial charge >= 0.3 is 0 Å². The van der Waals surface area contributed by atoms with E-state index in [9.17, 15) is 0 Å². The second-order valence-electron chi connectivity index (χ2n) is 4.80. The number of aryl methyl sites for hydroxylation is 1. The Morgan fingerprint density at radius 2 is 1.75 bits per heavy atom. The Bertz CT molecular complexity index is 624. The molecule has 0 amide bonds. The largest absolute Gasteiger partial charge is 0.398 e. The van der Waals surface area contributed by atoms with Crippen LogP contribution < -0.4 is 10.6 Å². The molecule has 20 heavy (non-hydrogen) atoms. The number of nitrogen functional groups attached to an aromatic ring is 1. The van der Waals surface area contributed by atoms with E-state index >= 15 is 0 Å². The summed E-state index contributed by atoms with van der Waals surface area (Å²) in [6.07, 6.45) is 0.338. The number of hydrogen-bond donors (Lipinski definition) is 1. The molecule has 0 saturated heterocycles. The lowest BCUT2D eigenvalue weighted by molar-refractivity contribution is 1.02. The molecule has 0 aliphatic rings. The molecular weight excluding hydrogens is 246 g/mol. The topological polar surface area (TPSA) is 53.0 Å². The summed E-state index contributed by atoms with van der Waals surface area (Å²) in [6, 6.07) is 16.5. The quantitative estimate of drug-likeness (QED) is 0.855. The van der Waals surface area contributed by atoms with Crippen molar-refractivity contribution in [2.45, 2.75) is 20.3 Å². The normalized spacial score (nSPS) is 10.1. The van der Waals surface area contributed by atoms with Gasteiger partial charge in [0.25, 0.3) is 0 Å². The Morgan fingerprint density at radius 1 is 1.10 bits per heavy atom. The van der Waals surface area contributed by atoms with Crippen molar-refractivity contribution in [2.75, 3.05) is 17.2 Å². The third-order valence-corrected chi connectivity index (χ3v) is 3.37. The lowest BCUT2D eigenvalue weighted by atomic mass is 10.1. The fraction of sp³-hybridized carbons (Fsp3) is 0.235. The number of nitrogens with two attached hydrogens (primary N) is 1. The van der Waals surface area contributed by atoms with Gasteiger partial charge in [-0.1, -0.05) is 17.7 Å². The molecule has 0 saturated carbocycles. The minimum absolute atomic E-state index is 0.338. The van der Waals surface area contributed by atoms with E-state index < -0.39 is 0 Å². The van der Waals surface area contributed by atoms with Crippen LogP contribution in [0.25, 0.3) is 0 Å². The van der Waals surface area contributed by atoms with Crippen molar-refractivity contribution >= 4 is 17.1 Å². The van der Waals surface area contributed by atoms with Gasteiger partial charge in [0.1, 0.15) is 0 Å². The SMILES string of the molecule is CCN(c1ccc(C)cc1)c1ccc(N)c(CC#N)c1. The van der Waals surface area contributed by atoms with Gasteiger partial charge in [0.05, 0.1) is 12.5 Å². The van der Waals surface area contributed by atoms with Crippen LogP contribution in [0.2, 0.25) is 0 Å².